The summed E-state index contributed by atoms with van der Waals surface area (Å²) in [6.45, 7) is 12.5. The maximum absolute atomic E-state index is 5.32. The Balaban J connectivity index is 0.000000322. The molecule has 2 nitrogen and oxygen atoms in total. The first-order valence-corrected chi connectivity index (χ1v) is 5.57. The van der Waals surface area contributed by atoms with E-state index in [0.29, 0.717) is 5.41 Å². The van der Waals surface area contributed by atoms with E-state index in [4.69, 9.17) is 4.74 Å². The highest BCUT2D eigenvalue weighted by atomic mass is 16.5. The third-order valence-electron chi connectivity index (χ3n) is 2.40. The normalized spacial score (nSPS) is 23.8. The summed E-state index contributed by atoms with van der Waals surface area (Å²) in [7, 11) is 2.17. The highest BCUT2D eigenvalue weighted by Gasteiger charge is 2.43. The number of hydrogen-bond donors (Lipinski definition) is 0. The molecule has 2 fully saturated rings. The van der Waals surface area contributed by atoms with Gasteiger partial charge in [-0.1, -0.05) is 27.7 Å². The predicted molar refractivity (Wildman–Crippen MR) is 58.1 cm³/mol. The highest BCUT2D eigenvalue weighted by molar-refractivity contribution is 4.95. The summed E-state index contributed by atoms with van der Waals surface area (Å²) in [4.78, 5) is 2.36. The van der Waals surface area contributed by atoms with Crippen LogP contribution in [0, 0.1) is 5.41 Å². The molecule has 0 radical (unpaired) electrons. The quantitative estimate of drug-likeness (QED) is 0.577. The lowest BCUT2D eigenvalue weighted by Crippen LogP contribution is -2.54. The standard InChI is InChI=1S/C7H13NO.2C2H6/c1-8-4-7(5-8)2-3-9-6-7;2*1-2/h2-6H2,1H3;2*1-2H3. The monoisotopic (exact) mass is 187 g/mol. The molecule has 0 aromatic rings. The molecule has 2 aliphatic rings. The highest BCUT2D eigenvalue weighted by Crippen LogP contribution is 2.36. The van der Waals surface area contributed by atoms with Crippen molar-refractivity contribution in [3.8, 4) is 0 Å². The van der Waals surface area contributed by atoms with Crippen LogP contribution in [-0.4, -0.2) is 38.3 Å². The minimum absolute atomic E-state index is 0.592. The molecule has 2 aliphatic heterocycles. The van der Waals surface area contributed by atoms with Crippen molar-refractivity contribution in [1.82, 2.24) is 4.90 Å². The lowest BCUT2D eigenvalue weighted by molar-refractivity contribution is 0.0124. The molecule has 2 saturated heterocycles. The largest absolute Gasteiger partial charge is 0.381 e. The van der Waals surface area contributed by atoms with Crippen LogP contribution in [-0.2, 0) is 4.74 Å². The second-order valence-corrected chi connectivity index (χ2v) is 3.47. The van der Waals surface area contributed by atoms with Gasteiger partial charge in [0, 0.05) is 25.1 Å². The Morgan fingerprint density at radius 3 is 1.92 bits per heavy atom. The summed E-state index contributed by atoms with van der Waals surface area (Å²) < 4.78 is 5.32. The van der Waals surface area contributed by atoms with Gasteiger partial charge in [-0.05, 0) is 13.5 Å². The maximum atomic E-state index is 5.32. The Bertz CT molecular complexity index is 111. The van der Waals surface area contributed by atoms with Crippen molar-refractivity contribution in [3.63, 3.8) is 0 Å². The van der Waals surface area contributed by atoms with Crippen molar-refractivity contribution in [2.75, 3.05) is 33.4 Å². The van der Waals surface area contributed by atoms with Crippen molar-refractivity contribution in [2.45, 2.75) is 34.1 Å². The molecule has 0 aromatic heterocycles. The minimum atomic E-state index is 0.592. The van der Waals surface area contributed by atoms with Crippen molar-refractivity contribution in [2.24, 2.45) is 5.41 Å². The molecule has 80 valence electrons. The fourth-order valence-electron chi connectivity index (χ4n) is 2.00. The van der Waals surface area contributed by atoms with Gasteiger partial charge < -0.3 is 9.64 Å². The topological polar surface area (TPSA) is 12.5 Å². The second-order valence-electron chi connectivity index (χ2n) is 3.47. The zero-order valence-electron chi connectivity index (χ0n) is 9.89. The molecule has 1 spiro atoms. The number of nitrogens with zero attached hydrogens (tertiary/aromatic N) is 1. The molecule has 0 aliphatic carbocycles. The Morgan fingerprint density at radius 1 is 1.08 bits per heavy atom. The molecule has 0 atom stereocenters. The maximum Gasteiger partial charge on any atom is 0.0547 e. The fraction of sp³-hybridized carbons (Fsp3) is 1.00. The third-order valence-corrected chi connectivity index (χ3v) is 2.40. The van der Waals surface area contributed by atoms with Gasteiger partial charge in [-0.3, -0.25) is 0 Å². The first kappa shape index (κ1) is 12.9. The molecule has 2 rings (SSSR count). The van der Waals surface area contributed by atoms with Crippen molar-refractivity contribution < 1.29 is 4.74 Å². The van der Waals surface area contributed by atoms with Gasteiger partial charge >= 0.3 is 0 Å². The number of hydrogen-bond acceptors (Lipinski definition) is 2. The van der Waals surface area contributed by atoms with E-state index >= 15 is 0 Å². The average molecular weight is 187 g/mol. The molecule has 0 aromatic carbocycles. The van der Waals surface area contributed by atoms with Crippen molar-refractivity contribution in [3.05, 3.63) is 0 Å². The molecular weight excluding hydrogens is 162 g/mol. The summed E-state index contributed by atoms with van der Waals surface area (Å²) in [5.41, 5.74) is 0.592. The first-order valence-electron chi connectivity index (χ1n) is 5.57. The second kappa shape index (κ2) is 6.39. The number of rotatable bonds is 0. The van der Waals surface area contributed by atoms with E-state index in [9.17, 15) is 0 Å². The SMILES string of the molecule is CC.CC.CN1CC2(CCOC2)C1. The lowest BCUT2D eigenvalue weighted by Gasteiger charge is -2.45. The van der Waals surface area contributed by atoms with Crippen LogP contribution in [0.25, 0.3) is 0 Å². The molecular formula is C11H25NO. The van der Waals surface area contributed by atoms with Crippen LogP contribution >= 0.6 is 0 Å². The van der Waals surface area contributed by atoms with Crippen LogP contribution < -0.4 is 0 Å². The van der Waals surface area contributed by atoms with Gasteiger partial charge in [-0.15, -0.1) is 0 Å². The summed E-state index contributed by atoms with van der Waals surface area (Å²) >= 11 is 0. The predicted octanol–water partition coefficient (Wildman–Crippen LogP) is 2.39. The molecule has 0 saturated carbocycles. The molecule has 2 heteroatoms. The van der Waals surface area contributed by atoms with Crippen LogP contribution in [0.1, 0.15) is 34.1 Å². The van der Waals surface area contributed by atoms with Gasteiger partial charge in [-0.25, -0.2) is 0 Å². The zero-order chi connectivity index (χ0) is 10.3. The average Bonchev–Trinajstić information content (AvgIpc) is 2.60. The molecule has 2 heterocycles. The van der Waals surface area contributed by atoms with Crippen LogP contribution in [0.5, 0.6) is 0 Å². The molecule has 0 N–H and O–H groups in total. The van der Waals surface area contributed by atoms with E-state index in [1.54, 1.807) is 0 Å². The lowest BCUT2D eigenvalue weighted by atomic mass is 9.80. The Labute approximate surface area is 83.3 Å². The van der Waals surface area contributed by atoms with E-state index in [-0.39, 0.29) is 0 Å². The van der Waals surface area contributed by atoms with Gasteiger partial charge in [0.25, 0.3) is 0 Å². The molecule has 13 heavy (non-hydrogen) atoms. The van der Waals surface area contributed by atoms with Crippen LogP contribution in [0.4, 0.5) is 0 Å². The third kappa shape index (κ3) is 3.28. The van der Waals surface area contributed by atoms with Crippen LogP contribution in [0.2, 0.25) is 0 Å². The summed E-state index contributed by atoms with van der Waals surface area (Å²) in [6.07, 6.45) is 1.29. The zero-order valence-corrected chi connectivity index (χ0v) is 9.89. The minimum Gasteiger partial charge on any atom is -0.381 e. The number of ether oxygens (including phenoxy) is 1. The number of likely N-dealkylation sites (tertiary alicyclic amines) is 1. The van der Waals surface area contributed by atoms with Gasteiger partial charge in [0.2, 0.25) is 0 Å². The van der Waals surface area contributed by atoms with E-state index in [1.165, 1.54) is 19.5 Å². The van der Waals surface area contributed by atoms with Crippen LogP contribution in [0.3, 0.4) is 0 Å². The summed E-state index contributed by atoms with van der Waals surface area (Å²) in [5.74, 6) is 0. The van der Waals surface area contributed by atoms with E-state index in [1.807, 2.05) is 27.7 Å². The van der Waals surface area contributed by atoms with Gasteiger partial charge in [0.1, 0.15) is 0 Å². The van der Waals surface area contributed by atoms with Gasteiger partial charge in [-0.2, -0.15) is 0 Å². The van der Waals surface area contributed by atoms with E-state index in [0.717, 1.165) is 13.2 Å². The van der Waals surface area contributed by atoms with Crippen LogP contribution in [0.15, 0.2) is 0 Å². The first-order chi connectivity index (χ1) is 6.31. The van der Waals surface area contributed by atoms with E-state index < -0.39 is 0 Å². The van der Waals surface area contributed by atoms with E-state index in [2.05, 4.69) is 11.9 Å². The smallest absolute Gasteiger partial charge is 0.0547 e. The Kier molecular flexibility index (Phi) is 6.35. The molecule has 0 amide bonds. The summed E-state index contributed by atoms with van der Waals surface area (Å²) in [6, 6.07) is 0. The Hall–Kier alpha value is -0.0800. The fourth-order valence-corrected chi connectivity index (χ4v) is 2.00. The Morgan fingerprint density at radius 2 is 1.62 bits per heavy atom. The van der Waals surface area contributed by atoms with Crippen molar-refractivity contribution >= 4 is 0 Å². The molecule has 0 unspecified atom stereocenters. The van der Waals surface area contributed by atoms with Gasteiger partial charge in [0.05, 0.1) is 6.61 Å². The summed E-state index contributed by atoms with van der Waals surface area (Å²) in [5, 5.41) is 0. The van der Waals surface area contributed by atoms with Gasteiger partial charge in [0.15, 0.2) is 0 Å². The molecule has 0 bridgehead atoms. The van der Waals surface area contributed by atoms with Crippen molar-refractivity contribution in [1.29, 1.82) is 0 Å².